The Kier molecular flexibility index (Phi) is 4.34. The third kappa shape index (κ3) is 3.31. The standard InChI is InChI=1S/C16H23ClN4/c1-18-15(21-10-8-16(12-21)6-2-7-16)19-9-5-13-3-4-14(17)20-11-13/h3-4,11H,2,5-10,12H2,1H3,(H,18,19). The van der Waals surface area contributed by atoms with Crippen LogP contribution in [0, 0.1) is 5.41 Å². The molecule has 2 heterocycles. The SMILES string of the molecule is CN=C(NCCc1ccc(Cl)nc1)N1CCC2(CCC2)C1. The highest BCUT2D eigenvalue weighted by Crippen LogP contribution is 2.47. The molecular formula is C16H23ClN4. The predicted octanol–water partition coefficient (Wildman–Crippen LogP) is 2.73. The van der Waals surface area contributed by atoms with Crippen LogP contribution in [0.3, 0.4) is 0 Å². The number of hydrogen-bond donors (Lipinski definition) is 1. The zero-order valence-corrected chi connectivity index (χ0v) is 13.4. The molecule has 1 aromatic heterocycles. The maximum absolute atomic E-state index is 5.80. The lowest BCUT2D eigenvalue weighted by molar-refractivity contribution is 0.151. The van der Waals surface area contributed by atoms with Gasteiger partial charge in [-0.25, -0.2) is 4.98 Å². The molecule has 3 rings (SSSR count). The molecule has 1 saturated carbocycles. The first-order valence-electron chi connectivity index (χ1n) is 7.77. The fourth-order valence-electron chi connectivity index (χ4n) is 3.41. The van der Waals surface area contributed by atoms with Gasteiger partial charge in [-0.2, -0.15) is 0 Å². The summed E-state index contributed by atoms with van der Waals surface area (Å²) in [5.74, 6) is 1.04. The minimum atomic E-state index is 0.547. The zero-order chi connectivity index (χ0) is 14.7. The van der Waals surface area contributed by atoms with Crippen molar-refractivity contribution < 1.29 is 0 Å². The van der Waals surface area contributed by atoms with Crippen molar-refractivity contribution in [2.24, 2.45) is 10.4 Å². The number of aliphatic imine (C=N–C) groups is 1. The molecule has 0 radical (unpaired) electrons. The molecule has 1 aliphatic carbocycles. The van der Waals surface area contributed by atoms with Crippen LogP contribution in [0.1, 0.15) is 31.2 Å². The van der Waals surface area contributed by atoms with Crippen LogP contribution in [0.4, 0.5) is 0 Å². The zero-order valence-electron chi connectivity index (χ0n) is 12.6. The van der Waals surface area contributed by atoms with Crippen molar-refractivity contribution in [1.29, 1.82) is 0 Å². The largest absolute Gasteiger partial charge is 0.356 e. The third-order valence-corrected chi connectivity index (χ3v) is 5.07. The molecule has 1 aromatic rings. The van der Waals surface area contributed by atoms with E-state index in [4.69, 9.17) is 11.6 Å². The van der Waals surface area contributed by atoms with Crippen molar-refractivity contribution in [1.82, 2.24) is 15.2 Å². The van der Waals surface area contributed by atoms with Gasteiger partial charge in [-0.3, -0.25) is 4.99 Å². The summed E-state index contributed by atoms with van der Waals surface area (Å²) in [6.45, 7) is 3.19. The van der Waals surface area contributed by atoms with E-state index in [9.17, 15) is 0 Å². The highest BCUT2D eigenvalue weighted by atomic mass is 35.5. The summed E-state index contributed by atoms with van der Waals surface area (Å²) in [5, 5.41) is 4.02. The molecule has 0 amide bonds. The van der Waals surface area contributed by atoms with Crippen LogP contribution in [-0.2, 0) is 6.42 Å². The van der Waals surface area contributed by atoms with E-state index in [-0.39, 0.29) is 0 Å². The summed E-state index contributed by atoms with van der Waals surface area (Å²) in [6.07, 6.45) is 8.31. The first-order valence-corrected chi connectivity index (χ1v) is 8.15. The van der Waals surface area contributed by atoms with Crippen molar-refractivity contribution in [2.45, 2.75) is 32.1 Å². The monoisotopic (exact) mass is 306 g/mol. The molecule has 4 nitrogen and oxygen atoms in total. The van der Waals surface area contributed by atoms with Crippen LogP contribution >= 0.6 is 11.6 Å². The number of pyridine rings is 1. The van der Waals surface area contributed by atoms with Gasteiger partial charge in [0.2, 0.25) is 0 Å². The summed E-state index contributed by atoms with van der Waals surface area (Å²) < 4.78 is 0. The fraction of sp³-hybridized carbons (Fsp3) is 0.625. The maximum Gasteiger partial charge on any atom is 0.193 e. The van der Waals surface area contributed by atoms with Gasteiger partial charge < -0.3 is 10.2 Å². The number of hydrogen-bond acceptors (Lipinski definition) is 2. The number of aromatic nitrogens is 1. The number of rotatable bonds is 3. The summed E-state index contributed by atoms with van der Waals surface area (Å²) in [5.41, 5.74) is 1.80. The van der Waals surface area contributed by atoms with Crippen molar-refractivity contribution in [2.75, 3.05) is 26.7 Å². The Hall–Kier alpha value is -1.29. The van der Waals surface area contributed by atoms with Gasteiger partial charge in [-0.1, -0.05) is 24.1 Å². The lowest BCUT2D eigenvalue weighted by atomic mass is 9.68. The van der Waals surface area contributed by atoms with Gasteiger partial charge in [0.15, 0.2) is 5.96 Å². The summed E-state index contributed by atoms with van der Waals surface area (Å²) in [4.78, 5) is 11.0. The van der Waals surface area contributed by atoms with Crippen LogP contribution in [0.5, 0.6) is 0 Å². The molecule has 2 fully saturated rings. The van der Waals surface area contributed by atoms with Crippen molar-refractivity contribution in [3.05, 3.63) is 29.0 Å². The van der Waals surface area contributed by atoms with E-state index in [0.29, 0.717) is 10.6 Å². The molecule has 1 spiro atoms. The lowest BCUT2D eigenvalue weighted by Gasteiger charge is -2.38. The number of likely N-dealkylation sites (tertiary alicyclic amines) is 1. The van der Waals surface area contributed by atoms with Crippen LogP contribution < -0.4 is 5.32 Å². The molecule has 21 heavy (non-hydrogen) atoms. The van der Waals surface area contributed by atoms with Crippen LogP contribution in [-0.4, -0.2) is 42.5 Å². The lowest BCUT2D eigenvalue weighted by Crippen LogP contribution is -2.43. The molecule has 114 valence electrons. The number of halogens is 1. The minimum absolute atomic E-state index is 0.547. The quantitative estimate of drug-likeness (QED) is 0.530. The van der Waals surface area contributed by atoms with E-state index in [1.54, 1.807) is 0 Å². The third-order valence-electron chi connectivity index (χ3n) is 4.85. The molecule has 1 saturated heterocycles. The Bertz CT molecular complexity index is 508. The minimum Gasteiger partial charge on any atom is -0.356 e. The van der Waals surface area contributed by atoms with Gasteiger partial charge in [0.05, 0.1) is 0 Å². The number of nitrogens with one attached hydrogen (secondary N) is 1. The van der Waals surface area contributed by atoms with Crippen LogP contribution in [0.15, 0.2) is 23.3 Å². The van der Waals surface area contributed by atoms with E-state index in [2.05, 4.69) is 20.2 Å². The van der Waals surface area contributed by atoms with E-state index in [1.807, 2.05) is 25.4 Å². The van der Waals surface area contributed by atoms with Gasteiger partial charge in [-0.05, 0) is 42.7 Å². The molecule has 2 aliphatic rings. The van der Waals surface area contributed by atoms with Gasteiger partial charge in [0, 0.05) is 32.9 Å². The second-order valence-electron chi connectivity index (χ2n) is 6.24. The highest BCUT2D eigenvalue weighted by molar-refractivity contribution is 6.29. The Morgan fingerprint density at radius 1 is 1.43 bits per heavy atom. The topological polar surface area (TPSA) is 40.5 Å². The van der Waals surface area contributed by atoms with Gasteiger partial charge >= 0.3 is 0 Å². The molecule has 5 heteroatoms. The van der Waals surface area contributed by atoms with Crippen molar-refractivity contribution in [3.8, 4) is 0 Å². The Balaban J connectivity index is 1.48. The van der Waals surface area contributed by atoms with Gasteiger partial charge in [-0.15, -0.1) is 0 Å². The molecule has 1 aliphatic heterocycles. The second-order valence-corrected chi connectivity index (χ2v) is 6.63. The Labute approximate surface area is 131 Å². The predicted molar refractivity (Wildman–Crippen MR) is 86.8 cm³/mol. The average Bonchev–Trinajstić information content (AvgIpc) is 2.91. The van der Waals surface area contributed by atoms with E-state index in [1.165, 1.54) is 37.8 Å². The molecular weight excluding hydrogens is 284 g/mol. The summed E-state index contributed by atoms with van der Waals surface area (Å²) in [6, 6.07) is 3.87. The fourth-order valence-corrected chi connectivity index (χ4v) is 3.52. The van der Waals surface area contributed by atoms with Crippen LogP contribution in [0.2, 0.25) is 5.15 Å². The van der Waals surface area contributed by atoms with Gasteiger partial charge in [0.1, 0.15) is 5.15 Å². The Morgan fingerprint density at radius 3 is 2.86 bits per heavy atom. The van der Waals surface area contributed by atoms with E-state index >= 15 is 0 Å². The molecule has 0 aromatic carbocycles. The van der Waals surface area contributed by atoms with Gasteiger partial charge in [0.25, 0.3) is 0 Å². The normalized spacial score (nSPS) is 20.7. The van der Waals surface area contributed by atoms with E-state index < -0.39 is 0 Å². The summed E-state index contributed by atoms with van der Waals surface area (Å²) >= 11 is 5.80. The smallest absolute Gasteiger partial charge is 0.193 e. The van der Waals surface area contributed by atoms with Crippen molar-refractivity contribution >= 4 is 17.6 Å². The number of nitrogens with zero attached hydrogens (tertiary/aromatic N) is 3. The van der Waals surface area contributed by atoms with Crippen molar-refractivity contribution in [3.63, 3.8) is 0 Å². The average molecular weight is 307 g/mol. The Morgan fingerprint density at radius 2 is 2.29 bits per heavy atom. The summed E-state index contributed by atoms with van der Waals surface area (Å²) in [7, 11) is 1.87. The first-order chi connectivity index (χ1) is 10.2. The maximum atomic E-state index is 5.80. The molecule has 0 unspecified atom stereocenters. The highest BCUT2D eigenvalue weighted by Gasteiger charge is 2.43. The van der Waals surface area contributed by atoms with Crippen LogP contribution in [0.25, 0.3) is 0 Å². The second kappa shape index (κ2) is 6.22. The van der Waals surface area contributed by atoms with E-state index in [0.717, 1.165) is 25.5 Å². The molecule has 1 N–H and O–H groups in total. The molecule has 0 bridgehead atoms. The first kappa shape index (κ1) is 14.6. The molecule has 0 atom stereocenters. The number of guanidine groups is 1.